The number of methoxy groups -OCH3 is 1. The molecule has 3 N–H and O–H groups in total. The van der Waals surface area contributed by atoms with E-state index in [0.29, 0.717) is 30.6 Å². The normalized spacial score (nSPS) is 37.7. The van der Waals surface area contributed by atoms with E-state index in [-0.39, 0.29) is 52.3 Å². The predicted molar refractivity (Wildman–Crippen MR) is 159 cm³/mol. The van der Waals surface area contributed by atoms with Gasteiger partial charge in [0.2, 0.25) is 5.91 Å². The topological polar surface area (TPSA) is 117 Å². The lowest BCUT2D eigenvalue weighted by Crippen LogP contribution is -2.56. The zero-order chi connectivity index (χ0) is 30.4. The molecule has 0 radical (unpaired) electrons. The number of nitrogens with one attached hydrogen (secondary N) is 1. The predicted octanol–water partition coefficient (Wildman–Crippen LogP) is 4.59. The van der Waals surface area contributed by atoms with Gasteiger partial charge in [-0.1, -0.05) is 32.4 Å². The van der Waals surface area contributed by atoms with E-state index in [1.54, 1.807) is 7.11 Å². The molecule has 8 heteroatoms. The Balaban J connectivity index is 1.42. The lowest BCUT2D eigenvalue weighted by molar-refractivity contribution is -0.142. The quantitative estimate of drug-likeness (QED) is 0.330. The van der Waals surface area contributed by atoms with Crippen LogP contribution in [-0.2, 0) is 19.1 Å². The van der Waals surface area contributed by atoms with E-state index in [2.05, 4.69) is 43.5 Å². The minimum Gasteiger partial charge on any atom is -0.393 e. The Morgan fingerprint density at radius 1 is 1.20 bits per heavy atom. The molecular formula is C33H52N2O6. The highest BCUT2D eigenvalue weighted by Gasteiger charge is 2.64. The molecule has 8 nitrogen and oxygen atoms in total. The number of Topliss-reactive ketones (excluding diaryl/α,β-unsaturated/α-hetero) is 1. The van der Waals surface area contributed by atoms with Gasteiger partial charge in [0, 0.05) is 24.4 Å². The fourth-order valence-electron chi connectivity index (χ4n) is 8.84. The first kappa shape index (κ1) is 32.1. The molecule has 41 heavy (non-hydrogen) atoms. The van der Waals surface area contributed by atoms with Gasteiger partial charge in [-0.2, -0.15) is 5.10 Å². The van der Waals surface area contributed by atoms with E-state index in [0.717, 1.165) is 25.7 Å². The van der Waals surface area contributed by atoms with Crippen LogP contribution in [0.4, 0.5) is 0 Å². The van der Waals surface area contributed by atoms with Crippen LogP contribution >= 0.6 is 0 Å². The summed E-state index contributed by atoms with van der Waals surface area (Å²) in [5.74, 6) is 0.432. The number of hydrazone groups is 1. The Hall–Kier alpha value is -1.87. The monoisotopic (exact) mass is 572 g/mol. The van der Waals surface area contributed by atoms with Crippen molar-refractivity contribution >= 4 is 17.4 Å². The van der Waals surface area contributed by atoms with Crippen LogP contribution in [0.15, 0.2) is 28.9 Å². The zero-order valence-electron chi connectivity index (χ0n) is 26.3. The summed E-state index contributed by atoms with van der Waals surface area (Å²) in [6, 6.07) is 0. The molecule has 3 saturated carbocycles. The van der Waals surface area contributed by atoms with Crippen LogP contribution in [0.25, 0.3) is 0 Å². The van der Waals surface area contributed by atoms with Crippen molar-refractivity contribution in [2.24, 2.45) is 45.5 Å². The van der Waals surface area contributed by atoms with Gasteiger partial charge in [-0.3, -0.25) is 9.59 Å². The zero-order valence-corrected chi connectivity index (χ0v) is 26.3. The minimum absolute atomic E-state index is 0.0594. The summed E-state index contributed by atoms with van der Waals surface area (Å²) >= 11 is 0. The molecule has 0 bridgehead atoms. The summed E-state index contributed by atoms with van der Waals surface area (Å²) in [5, 5.41) is 25.7. The average molecular weight is 573 g/mol. The summed E-state index contributed by atoms with van der Waals surface area (Å²) in [5.41, 5.74) is 3.14. The number of carbonyl (C=O) groups excluding carboxylic acids is 2. The number of nitrogens with zero attached hydrogens (tertiary/aromatic N) is 1. The van der Waals surface area contributed by atoms with Crippen LogP contribution < -0.4 is 5.43 Å². The van der Waals surface area contributed by atoms with Crippen molar-refractivity contribution < 1.29 is 29.3 Å². The standard InChI is InChI=1S/C33H52N2O6/c1-20-15-24-23-10-9-21-16-22(34-35-27(39)18-31(4,5)41-14-13-30(2,3)40-8)11-12-32(21,6)29(23)25(37)17-33(24,7)28(20)26(38)19-36/h11-12,16,20,23-25,28-29,36-37H,9-10,13-15,17-19H2,1-8H3,(H,35,39)/b34-22+/t20-,23+,24?,25+,28-,29?,32+,33+/m1/s1. The lowest BCUT2D eigenvalue weighted by atomic mass is 9.46. The highest BCUT2D eigenvalue weighted by atomic mass is 16.5. The Bertz CT molecular complexity index is 1110. The fourth-order valence-corrected chi connectivity index (χ4v) is 8.84. The van der Waals surface area contributed by atoms with Crippen molar-refractivity contribution in [2.45, 2.75) is 104 Å². The molecule has 1 amide bonds. The van der Waals surface area contributed by atoms with Gasteiger partial charge in [0.15, 0.2) is 5.78 Å². The summed E-state index contributed by atoms with van der Waals surface area (Å²) in [6.45, 7) is 14.4. The highest BCUT2D eigenvalue weighted by molar-refractivity contribution is 6.06. The van der Waals surface area contributed by atoms with Gasteiger partial charge < -0.3 is 19.7 Å². The van der Waals surface area contributed by atoms with Gasteiger partial charge in [-0.25, -0.2) is 5.43 Å². The van der Waals surface area contributed by atoms with Crippen molar-refractivity contribution in [1.82, 2.24) is 5.43 Å². The first-order valence-electron chi connectivity index (χ1n) is 15.3. The summed E-state index contributed by atoms with van der Waals surface area (Å²) < 4.78 is 11.4. The van der Waals surface area contributed by atoms with Crippen molar-refractivity contribution in [3.63, 3.8) is 0 Å². The molecule has 0 spiro atoms. The molecule has 230 valence electrons. The van der Waals surface area contributed by atoms with E-state index in [9.17, 15) is 19.8 Å². The van der Waals surface area contributed by atoms with Crippen LogP contribution in [0, 0.1) is 40.4 Å². The maximum Gasteiger partial charge on any atom is 0.242 e. The molecule has 0 aromatic carbocycles. The molecule has 0 aliphatic heterocycles. The minimum atomic E-state index is -0.629. The number of ether oxygens (including phenoxy) is 2. The van der Waals surface area contributed by atoms with Gasteiger partial charge in [0.25, 0.3) is 0 Å². The Labute approximate surface area is 246 Å². The third kappa shape index (κ3) is 6.27. The maximum absolute atomic E-state index is 12.8. The number of aliphatic hydroxyl groups is 2. The molecule has 0 heterocycles. The third-order valence-corrected chi connectivity index (χ3v) is 11.0. The van der Waals surface area contributed by atoms with Crippen LogP contribution in [0.5, 0.6) is 0 Å². The van der Waals surface area contributed by atoms with E-state index in [1.807, 2.05) is 33.8 Å². The molecular weight excluding hydrogens is 520 g/mol. The summed E-state index contributed by atoms with van der Waals surface area (Å²) in [6.07, 6.45) is 9.95. The third-order valence-electron chi connectivity index (χ3n) is 11.0. The van der Waals surface area contributed by atoms with Gasteiger partial charge in [-0.15, -0.1) is 0 Å². The number of carbonyl (C=O) groups is 2. The largest absolute Gasteiger partial charge is 0.393 e. The van der Waals surface area contributed by atoms with Crippen LogP contribution in [0.2, 0.25) is 0 Å². The number of allylic oxidation sites excluding steroid dienone is 4. The van der Waals surface area contributed by atoms with Gasteiger partial charge in [0.05, 0.1) is 36.0 Å². The van der Waals surface area contributed by atoms with Crippen molar-refractivity contribution in [3.05, 3.63) is 23.8 Å². The first-order valence-corrected chi connectivity index (χ1v) is 15.3. The second-order valence-corrected chi connectivity index (χ2v) is 14.8. The van der Waals surface area contributed by atoms with E-state index in [4.69, 9.17) is 9.47 Å². The molecule has 8 atom stereocenters. The fraction of sp³-hybridized carbons (Fsp3) is 0.788. The SMILES string of the molecule is COC(C)(C)CCOC(C)(C)CC(=O)N/N=C1\C=C[C@@]2(C)C(=C1)CC[C@@H]1C2[C@@H](O)C[C@@]2(C)C1C[C@@H](C)[C@@H]2C(=O)CO. The van der Waals surface area contributed by atoms with Gasteiger partial charge in [-0.05, 0) is 95.1 Å². The second-order valence-electron chi connectivity index (χ2n) is 14.8. The van der Waals surface area contributed by atoms with E-state index in [1.165, 1.54) is 5.57 Å². The number of fused-ring (bicyclic) bond motifs is 5. The maximum atomic E-state index is 12.8. The molecule has 2 unspecified atom stereocenters. The van der Waals surface area contributed by atoms with Gasteiger partial charge >= 0.3 is 0 Å². The molecule has 4 rings (SSSR count). The smallest absolute Gasteiger partial charge is 0.242 e. The van der Waals surface area contributed by atoms with Crippen LogP contribution in [0.1, 0.15) is 87.0 Å². The number of aliphatic hydroxyl groups excluding tert-OH is 2. The Kier molecular flexibility index (Phi) is 9.12. The summed E-state index contributed by atoms with van der Waals surface area (Å²) in [4.78, 5) is 25.5. The number of rotatable bonds is 10. The molecule has 4 aliphatic rings. The average Bonchev–Trinajstić information content (AvgIpc) is 3.15. The highest BCUT2D eigenvalue weighted by Crippen LogP contribution is 2.67. The lowest BCUT2D eigenvalue weighted by Gasteiger charge is -2.58. The van der Waals surface area contributed by atoms with E-state index >= 15 is 0 Å². The number of hydrogen-bond donors (Lipinski definition) is 3. The molecule has 0 saturated heterocycles. The van der Waals surface area contributed by atoms with Gasteiger partial charge in [0.1, 0.15) is 6.61 Å². The summed E-state index contributed by atoms with van der Waals surface area (Å²) in [7, 11) is 1.68. The van der Waals surface area contributed by atoms with Crippen molar-refractivity contribution in [2.75, 3.05) is 20.3 Å². The Morgan fingerprint density at radius 3 is 2.56 bits per heavy atom. The number of hydrogen-bond acceptors (Lipinski definition) is 7. The van der Waals surface area contributed by atoms with Crippen LogP contribution in [0.3, 0.4) is 0 Å². The van der Waals surface area contributed by atoms with E-state index < -0.39 is 18.3 Å². The number of ketones is 1. The van der Waals surface area contributed by atoms with Crippen molar-refractivity contribution in [1.29, 1.82) is 0 Å². The Morgan fingerprint density at radius 2 is 1.90 bits per heavy atom. The van der Waals surface area contributed by atoms with Crippen LogP contribution in [-0.4, -0.2) is 65.2 Å². The first-order chi connectivity index (χ1) is 19.1. The molecule has 0 aromatic rings. The van der Waals surface area contributed by atoms with Crippen molar-refractivity contribution in [3.8, 4) is 0 Å². The molecule has 0 aromatic heterocycles. The number of amides is 1. The molecule has 4 aliphatic carbocycles. The second kappa shape index (κ2) is 11.7. The molecule has 3 fully saturated rings.